The summed E-state index contributed by atoms with van der Waals surface area (Å²) < 4.78 is 5.74. The van der Waals surface area contributed by atoms with Crippen molar-refractivity contribution in [2.24, 2.45) is 0 Å². The van der Waals surface area contributed by atoms with Crippen LogP contribution in [0.25, 0.3) is 0 Å². The van der Waals surface area contributed by atoms with Crippen LogP contribution in [0.3, 0.4) is 0 Å². The average molecular weight is 289 g/mol. The van der Waals surface area contributed by atoms with E-state index in [0.717, 1.165) is 22.6 Å². The van der Waals surface area contributed by atoms with E-state index in [4.69, 9.17) is 4.74 Å². The van der Waals surface area contributed by atoms with Gasteiger partial charge in [0, 0.05) is 11.1 Å². The lowest BCUT2D eigenvalue weighted by Gasteiger charge is -2.25. The lowest BCUT2D eigenvalue weighted by atomic mass is 9.89. The maximum absolute atomic E-state index is 11.8. The Labute approximate surface area is 107 Å². The molecule has 3 rings (SSSR count). The molecule has 0 spiro atoms. The van der Waals surface area contributed by atoms with Crippen LogP contribution in [0.15, 0.2) is 48.5 Å². The number of carbonyl (C=O) groups is 1. The van der Waals surface area contributed by atoms with Crippen LogP contribution in [0.4, 0.5) is 0 Å². The predicted molar refractivity (Wildman–Crippen MR) is 68.7 cm³/mol. The molecule has 17 heavy (non-hydrogen) atoms. The van der Waals surface area contributed by atoms with E-state index in [9.17, 15) is 4.79 Å². The molecule has 1 aliphatic heterocycles. The Bertz CT molecular complexity index is 547. The fourth-order valence-electron chi connectivity index (χ4n) is 2.15. The zero-order valence-corrected chi connectivity index (χ0v) is 10.5. The molecule has 0 saturated heterocycles. The molecule has 0 aliphatic carbocycles. The first-order valence-electron chi connectivity index (χ1n) is 5.32. The molecule has 0 N–H and O–H groups in total. The summed E-state index contributed by atoms with van der Waals surface area (Å²) in [5, 5.41) is 0. The fourth-order valence-corrected chi connectivity index (χ4v) is 2.65. The third-order valence-corrected chi connectivity index (χ3v) is 3.36. The molecule has 0 saturated carbocycles. The van der Waals surface area contributed by atoms with Crippen molar-refractivity contribution in [3.63, 3.8) is 0 Å². The Morgan fingerprint density at radius 3 is 1.88 bits per heavy atom. The minimum Gasteiger partial charge on any atom is -0.457 e. The van der Waals surface area contributed by atoms with Gasteiger partial charge >= 0.3 is 0 Å². The molecule has 2 aromatic carbocycles. The fraction of sp³-hybridized carbons (Fsp3) is 0.0714. The second-order valence-corrected chi connectivity index (χ2v) is 4.70. The first-order chi connectivity index (χ1) is 8.27. The average Bonchev–Trinajstić information content (AvgIpc) is 2.35. The van der Waals surface area contributed by atoms with E-state index < -0.39 is 0 Å². The van der Waals surface area contributed by atoms with Crippen molar-refractivity contribution < 1.29 is 9.53 Å². The Balaban J connectivity index is 2.24. The number of hydrogen-bond acceptors (Lipinski definition) is 2. The minimum absolute atomic E-state index is 0.0410. The molecule has 0 unspecified atom stereocenters. The second-order valence-electron chi connectivity index (χ2n) is 3.91. The highest BCUT2D eigenvalue weighted by Crippen LogP contribution is 2.44. The quantitative estimate of drug-likeness (QED) is 0.745. The molecule has 84 valence electrons. The highest BCUT2D eigenvalue weighted by molar-refractivity contribution is 9.18. The van der Waals surface area contributed by atoms with Crippen LogP contribution < -0.4 is 4.74 Å². The zero-order chi connectivity index (χ0) is 11.8. The van der Waals surface area contributed by atoms with E-state index in [1.807, 2.05) is 48.5 Å². The second kappa shape index (κ2) is 4.00. The van der Waals surface area contributed by atoms with Crippen LogP contribution in [-0.2, 0) is 4.79 Å². The third kappa shape index (κ3) is 1.67. The zero-order valence-electron chi connectivity index (χ0n) is 8.89. The van der Waals surface area contributed by atoms with E-state index in [2.05, 4.69) is 15.9 Å². The summed E-state index contributed by atoms with van der Waals surface area (Å²) in [6.45, 7) is 0. The predicted octanol–water partition coefficient (Wildman–Crippen LogP) is 3.85. The van der Waals surface area contributed by atoms with Crippen molar-refractivity contribution in [2.45, 2.75) is 5.92 Å². The first kappa shape index (κ1) is 10.5. The number of benzene rings is 2. The molecule has 2 nitrogen and oxygen atoms in total. The number of rotatable bonds is 1. The van der Waals surface area contributed by atoms with Crippen molar-refractivity contribution in [1.29, 1.82) is 0 Å². The van der Waals surface area contributed by atoms with E-state index in [0.29, 0.717) is 0 Å². The first-order valence-corrected chi connectivity index (χ1v) is 6.12. The molecule has 0 radical (unpaired) electrons. The van der Waals surface area contributed by atoms with Crippen LogP contribution in [0.5, 0.6) is 11.5 Å². The van der Waals surface area contributed by atoms with Gasteiger partial charge in [0.25, 0.3) is 0 Å². The number of ether oxygens (including phenoxy) is 1. The lowest BCUT2D eigenvalue weighted by molar-refractivity contribution is -0.111. The van der Waals surface area contributed by atoms with Crippen LogP contribution in [0, 0.1) is 0 Å². The van der Waals surface area contributed by atoms with Crippen molar-refractivity contribution in [2.75, 3.05) is 0 Å². The van der Waals surface area contributed by atoms with Gasteiger partial charge in [-0.15, -0.1) is 0 Å². The van der Waals surface area contributed by atoms with E-state index in [1.54, 1.807) is 0 Å². The van der Waals surface area contributed by atoms with Gasteiger partial charge in [0.05, 0.1) is 5.92 Å². The number of halogens is 1. The third-order valence-electron chi connectivity index (χ3n) is 2.91. The van der Waals surface area contributed by atoms with Crippen LogP contribution in [0.1, 0.15) is 17.0 Å². The summed E-state index contributed by atoms with van der Waals surface area (Å²) >= 11 is 3.08. The Morgan fingerprint density at radius 2 is 1.41 bits per heavy atom. The highest BCUT2D eigenvalue weighted by Gasteiger charge is 2.30. The van der Waals surface area contributed by atoms with Gasteiger partial charge in [-0.2, -0.15) is 0 Å². The number of hydrogen-bond donors (Lipinski definition) is 0. The van der Waals surface area contributed by atoms with Gasteiger partial charge < -0.3 is 4.74 Å². The summed E-state index contributed by atoms with van der Waals surface area (Å²) in [4.78, 5) is 11.8. The molecule has 0 atom stereocenters. The monoisotopic (exact) mass is 288 g/mol. The summed E-state index contributed by atoms with van der Waals surface area (Å²) in [6, 6.07) is 15.3. The number of fused-ring (bicyclic) bond motifs is 2. The summed E-state index contributed by atoms with van der Waals surface area (Å²) in [6.07, 6.45) is 0. The standard InChI is InChI=1S/C14H9BrO2/c15-14(16)13-9-5-1-3-7-11(9)17-12-8-4-2-6-10(12)13/h1-8,13H. The Hall–Kier alpha value is -1.61. The lowest BCUT2D eigenvalue weighted by Crippen LogP contribution is -2.14. The molecule has 0 aromatic heterocycles. The SMILES string of the molecule is O=C(Br)C1c2ccccc2Oc2ccccc21. The molecule has 1 aliphatic rings. The Morgan fingerprint density at radius 1 is 0.941 bits per heavy atom. The van der Waals surface area contributed by atoms with Gasteiger partial charge in [-0.05, 0) is 28.1 Å². The minimum atomic E-state index is -0.281. The normalized spacial score (nSPS) is 13.5. The largest absolute Gasteiger partial charge is 0.457 e. The smallest absolute Gasteiger partial charge is 0.209 e. The van der Waals surface area contributed by atoms with E-state index in [1.165, 1.54) is 0 Å². The van der Waals surface area contributed by atoms with Gasteiger partial charge in [0.1, 0.15) is 11.5 Å². The molecular formula is C14H9BrO2. The van der Waals surface area contributed by atoms with Crippen molar-refractivity contribution >= 4 is 20.6 Å². The van der Waals surface area contributed by atoms with Gasteiger partial charge in [-0.25, -0.2) is 0 Å². The maximum atomic E-state index is 11.8. The molecule has 3 heteroatoms. The number of para-hydroxylation sites is 2. The van der Waals surface area contributed by atoms with Crippen molar-refractivity contribution in [3.8, 4) is 11.5 Å². The Kier molecular flexibility index (Phi) is 2.48. The van der Waals surface area contributed by atoms with Crippen LogP contribution >= 0.6 is 15.9 Å². The van der Waals surface area contributed by atoms with Gasteiger partial charge in [-0.1, -0.05) is 36.4 Å². The van der Waals surface area contributed by atoms with Gasteiger partial charge in [0.15, 0.2) is 0 Å². The molecule has 0 amide bonds. The van der Waals surface area contributed by atoms with Gasteiger partial charge in [-0.3, -0.25) is 4.79 Å². The van der Waals surface area contributed by atoms with Crippen molar-refractivity contribution in [3.05, 3.63) is 59.7 Å². The van der Waals surface area contributed by atoms with Crippen molar-refractivity contribution in [1.82, 2.24) is 0 Å². The number of carbonyl (C=O) groups excluding carboxylic acids is 1. The maximum Gasteiger partial charge on any atom is 0.209 e. The summed E-state index contributed by atoms with van der Waals surface area (Å²) in [7, 11) is 0. The van der Waals surface area contributed by atoms with Crippen LogP contribution in [-0.4, -0.2) is 4.69 Å². The highest BCUT2D eigenvalue weighted by atomic mass is 79.9. The molecule has 1 heterocycles. The summed E-state index contributed by atoms with van der Waals surface area (Å²) in [5.41, 5.74) is 1.82. The van der Waals surface area contributed by atoms with E-state index in [-0.39, 0.29) is 10.6 Å². The topological polar surface area (TPSA) is 26.3 Å². The molecular weight excluding hydrogens is 280 g/mol. The molecule has 2 aromatic rings. The van der Waals surface area contributed by atoms with Gasteiger partial charge in [0.2, 0.25) is 4.69 Å². The van der Waals surface area contributed by atoms with Crippen LogP contribution in [0.2, 0.25) is 0 Å². The molecule has 0 fully saturated rings. The molecule has 0 bridgehead atoms. The summed E-state index contributed by atoms with van der Waals surface area (Å²) in [5.74, 6) is 1.23. The van der Waals surface area contributed by atoms with E-state index >= 15 is 0 Å².